The highest BCUT2D eigenvalue weighted by atomic mass is 16.2. The molecule has 1 saturated heterocycles. The van der Waals surface area contributed by atoms with Crippen molar-refractivity contribution in [3.63, 3.8) is 0 Å². The van der Waals surface area contributed by atoms with E-state index in [0.29, 0.717) is 16.7 Å². The number of hydrogen-bond donors (Lipinski definition) is 1. The maximum absolute atomic E-state index is 12.2. The third kappa shape index (κ3) is 2.26. The summed E-state index contributed by atoms with van der Waals surface area (Å²) in [7, 11) is 0. The number of likely N-dealkylation sites (tertiary alicyclic amines) is 1. The maximum Gasteiger partial charge on any atom is 0.253 e. The average molecular weight is 256 g/mol. The molecule has 0 atom stereocenters. The van der Waals surface area contributed by atoms with Crippen LogP contribution < -0.4 is 5.32 Å². The molecule has 3 rings (SSSR count). The lowest BCUT2D eigenvalue weighted by Crippen LogP contribution is -2.51. The Morgan fingerprint density at radius 3 is 2.37 bits per heavy atom. The minimum Gasteiger partial charge on any atom is -0.337 e. The monoisotopic (exact) mass is 256 g/mol. The Kier molecular flexibility index (Phi) is 2.66. The molecule has 4 heteroatoms. The quantitative estimate of drug-likeness (QED) is 0.841. The van der Waals surface area contributed by atoms with Gasteiger partial charge in [0.15, 0.2) is 0 Å². The first kappa shape index (κ1) is 12.0. The molecule has 1 saturated carbocycles. The van der Waals surface area contributed by atoms with Gasteiger partial charge in [0.2, 0.25) is 5.91 Å². The van der Waals surface area contributed by atoms with E-state index in [1.165, 1.54) is 18.9 Å². The van der Waals surface area contributed by atoms with Crippen LogP contribution in [0.4, 0.5) is 5.69 Å². The number of benzene rings is 1. The van der Waals surface area contributed by atoms with Gasteiger partial charge in [-0.15, -0.1) is 0 Å². The van der Waals surface area contributed by atoms with E-state index in [1.807, 2.05) is 4.90 Å². The molecule has 2 aliphatic rings. The van der Waals surface area contributed by atoms with Crippen molar-refractivity contribution in [2.24, 2.45) is 5.41 Å². The van der Waals surface area contributed by atoms with E-state index in [2.05, 4.69) is 11.9 Å². The van der Waals surface area contributed by atoms with Crippen molar-refractivity contribution in [2.45, 2.75) is 12.8 Å². The number of hydrogen-bond acceptors (Lipinski definition) is 2. The van der Waals surface area contributed by atoms with Crippen molar-refractivity contribution >= 4 is 17.5 Å². The van der Waals surface area contributed by atoms with E-state index in [9.17, 15) is 9.59 Å². The third-order valence-electron chi connectivity index (χ3n) is 3.88. The standard InChI is InChI=1S/C15H16N2O2/c1-2-13(18)16-12-5-3-11(4-6-12)14(19)17-9-15(10-17)7-8-15/h2-6H,1,7-10H2,(H,16,18). The zero-order valence-electron chi connectivity index (χ0n) is 10.7. The first-order valence-corrected chi connectivity index (χ1v) is 6.45. The fraction of sp³-hybridized carbons (Fsp3) is 0.333. The molecular weight excluding hydrogens is 240 g/mol. The SMILES string of the molecule is C=CC(=O)Nc1ccc(C(=O)N2CC3(CC3)C2)cc1. The zero-order valence-corrected chi connectivity index (χ0v) is 10.7. The van der Waals surface area contributed by atoms with Gasteiger partial charge in [-0.2, -0.15) is 0 Å². The van der Waals surface area contributed by atoms with E-state index < -0.39 is 0 Å². The smallest absolute Gasteiger partial charge is 0.253 e. The molecule has 4 nitrogen and oxygen atoms in total. The summed E-state index contributed by atoms with van der Waals surface area (Å²) in [5, 5.41) is 2.66. The molecule has 2 amide bonds. The van der Waals surface area contributed by atoms with Crippen molar-refractivity contribution in [1.82, 2.24) is 4.90 Å². The van der Waals surface area contributed by atoms with E-state index >= 15 is 0 Å². The molecule has 2 fully saturated rings. The van der Waals surface area contributed by atoms with Gasteiger partial charge in [-0.25, -0.2) is 0 Å². The first-order valence-electron chi connectivity index (χ1n) is 6.45. The molecule has 0 aromatic heterocycles. The molecule has 0 radical (unpaired) electrons. The second kappa shape index (κ2) is 4.23. The number of carbonyl (C=O) groups is 2. The molecule has 1 aliphatic carbocycles. The van der Waals surface area contributed by atoms with Crippen LogP contribution in [0.25, 0.3) is 0 Å². The molecule has 1 heterocycles. The van der Waals surface area contributed by atoms with Gasteiger partial charge in [-0.1, -0.05) is 6.58 Å². The summed E-state index contributed by atoms with van der Waals surface area (Å²) in [5.74, 6) is -0.170. The van der Waals surface area contributed by atoms with Crippen LogP contribution in [0.1, 0.15) is 23.2 Å². The van der Waals surface area contributed by atoms with Crippen molar-refractivity contribution in [3.8, 4) is 0 Å². The predicted molar refractivity (Wildman–Crippen MR) is 72.8 cm³/mol. The second-order valence-electron chi connectivity index (χ2n) is 5.43. The van der Waals surface area contributed by atoms with Crippen LogP contribution in [0.5, 0.6) is 0 Å². The van der Waals surface area contributed by atoms with Crippen molar-refractivity contribution in [1.29, 1.82) is 0 Å². The van der Waals surface area contributed by atoms with Crippen LogP contribution in [-0.2, 0) is 4.79 Å². The summed E-state index contributed by atoms with van der Waals surface area (Å²) >= 11 is 0. The fourth-order valence-electron chi connectivity index (χ4n) is 2.47. The number of anilines is 1. The highest BCUT2D eigenvalue weighted by molar-refractivity contribution is 5.99. The molecule has 1 aliphatic heterocycles. The minimum atomic E-state index is -0.252. The Hall–Kier alpha value is -2.10. The molecule has 1 aromatic carbocycles. The molecule has 0 bridgehead atoms. The molecule has 1 aromatic rings. The van der Waals surface area contributed by atoms with Crippen LogP contribution in [-0.4, -0.2) is 29.8 Å². The van der Waals surface area contributed by atoms with Crippen molar-refractivity contribution in [3.05, 3.63) is 42.5 Å². The highest BCUT2D eigenvalue weighted by Crippen LogP contribution is 2.53. The summed E-state index contributed by atoms with van der Waals surface area (Å²) in [6.07, 6.45) is 3.75. The summed E-state index contributed by atoms with van der Waals surface area (Å²) in [6, 6.07) is 6.97. The normalized spacial score (nSPS) is 18.6. The van der Waals surface area contributed by atoms with Crippen LogP contribution in [0.15, 0.2) is 36.9 Å². The Morgan fingerprint density at radius 2 is 1.84 bits per heavy atom. The lowest BCUT2D eigenvalue weighted by atomic mass is 9.96. The van der Waals surface area contributed by atoms with E-state index in [4.69, 9.17) is 0 Å². The fourth-order valence-corrected chi connectivity index (χ4v) is 2.47. The Balaban J connectivity index is 1.63. The van der Waals surface area contributed by atoms with Gasteiger partial charge in [-0.05, 0) is 43.2 Å². The van der Waals surface area contributed by atoms with Crippen LogP contribution in [0.2, 0.25) is 0 Å². The van der Waals surface area contributed by atoms with Crippen molar-refractivity contribution in [2.75, 3.05) is 18.4 Å². The van der Waals surface area contributed by atoms with Gasteiger partial charge >= 0.3 is 0 Å². The summed E-state index contributed by atoms with van der Waals surface area (Å²) < 4.78 is 0. The number of nitrogens with one attached hydrogen (secondary N) is 1. The number of carbonyl (C=O) groups excluding carboxylic acids is 2. The summed E-state index contributed by atoms with van der Waals surface area (Å²) in [4.78, 5) is 25.2. The van der Waals surface area contributed by atoms with Crippen LogP contribution in [0, 0.1) is 5.41 Å². The summed E-state index contributed by atoms with van der Waals surface area (Å²) in [5.41, 5.74) is 1.82. The molecule has 1 N–H and O–H groups in total. The van der Waals surface area contributed by atoms with Gasteiger partial charge in [0.1, 0.15) is 0 Å². The number of rotatable bonds is 3. The first-order chi connectivity index (χ1) is 9.12. The van der Waals surface area contributed by atoms with Gasteiger partial charge in [0, 0.05) is 29.8 Å². The van der Waals surface area contributed by atoms with Crippen LogP contribution >= 0.6 is 0 Å². The van der Waals surface area contributed by atoms with Crippen molar-refractivity contribution < 1.29 is 9.59 Å². The molecule has 0 unspecified atom stereocenters. The summed E-state index contributed by atoms with van der Waals surface area (Å²) in [6.45, 7) is 5.20. The number of amides is 2. The Bertz CT molecular complexity index is 536. The average Bonchev–Trinajstić information content (AvgIpc) is 3.17. The van der Waals surface area contributed by atoms with Gasteiger partial charge in [-0.3, -0.25) is 9.59 Å². The van der Waals surface area contributed by atoms with E-state index in [1.54, 1.807) is 24.3 Å². The molecular formula is C15H16N2O2. The molecule has 1 spiro atoms. The predicted octanol–water partition coefficient (Wildman–Crippen LogP) is 2.05. The highest BCUT2D eigenvalue weighted by Gasteiger charge is 2.53. The van der Waals surface area contributed by atoms with E-state index in [-0.39, 0.29) is 11.8 Å². The maximum atomic E-state index is 12.2. The molecule has 19 heavy (non-hydrogen) atoms. The van der Waals surface area contributed by atoms with Gasteiger partial charge in [0.05, 0.1) is 0 Å². The lowest BCUT2D eigenvalue weighted by Gasteiger charge is -2.40. The van der Waals surface area contributed by atoms with E-state index in [0.717, 1.165) is 13.1 Å². The minimum absolute atomic E-state index is 0.0825. The molecule has 98 valence electrons. The van der Waals surface area contributed by atoms with Crippen LogP contribution in [0.3, 0.4) is 0 Å². The zero-order chi connectivity index (χ0) is 13.5. The number of nitrogens with zero attached hydrogens (tertiary/aromatic N) is 1. The van der Waals surface area contributed by atoms with Gasteiger partial charge < -0.3 is 10.2 Å². The lowest BCUT2D eigenvalue weighted by molar-refractivity contribution is -0.111. The largest absolute Gasteiger partial charge is 0.337 e. The topological polar surface area (TPSA) is 49.4 Å². The van der Waals surface area contributed by atoms with Gasteiger partial charge in [0.25, 0.3) is 5.91 Å². The Labute approximate surface area is 112 Å². The third-order valence-corrected chi connectivity index (χ3v) is 3.88. The Morgan fingerprint density at radius 1 is 1.21 bits per heavy atom. The second-order valence-corrected chi connectivity index (χ2v) is 5.43.